The topological polar surface area (TPSA) is 32.3 Å². The predicted octanol–water partition coefficient (Wildman–Crippen LogP) is 3.34. The first-order valence-electron chi connectivity index (χ1n) is 9.64. The lowest BCUT2D eigenvalue weighted by Crippen LogP contribution is -2.47. The highest BCUT2D eigenvalue weighted by atomic mass is 16.1. The number of aldehydes is 1. The second-order valence-electron chi connectivity index (χ2n) is 8.38. The predicted molar refractivity (Wildman–Crippen MR) is 96.8 cm³/mol. The monoisotopic (exact) mass is 326 g/mol. The Hall–Kier alpha value is -1.19. The van der Waals surface area contributed by atoms with Gasteiger partial charge in [0.05, 0.1) is 6.04 Å². The SMILES string of the molecule is CNC1(c2ccccc2)CCC2(CCN(C(C=O)C3CC3)C2)CC1. The molecule has 24 heavy (non-hydrogen) atoms. The third-order valence-electron chi connectivity index (χ3n) is 7.10. The summed E-state index contributed by atoms with van der Waals surface area (Å²) in [6, 6.07) is 11.1. The van der Waals surface area contributed by atoms with Gasteiger partial charge in [-0.15, -0.1) is 0 Å². The van der Waals surface area contributed by atoms with Crippen molar-refractivity contribution in [3.8, 4) is 0 Å². The standard InChI is InChI=1S/C21H30N2O/c1-22-21(18-5-3-2-4-6-18)11-9-20(10-12-21)13-14-23(16-20)19(15-24)17-7-8-17/h2-6,15,17,19,22H,7-14,16H2,1H3. The van der Waals surface area contributed by atoms with E-state index in [1.54, 1.807) is 0 Å². The molecule has 1 heterocycles. The molecule has 1 aromatic rings. The number of nitrogens with zero attached hydrogens (tertiary/aromatic N) is 1. The number of hydrogen-bond acceptors (Lipinski definition) is 3. The van der Waals surface area contributed by atoms with Crippen molar-refractivity contribution >= 4 is 6.29 Å². The fourth-order valence-corrected chi connectivity index (χ4v) is 5.21. The zero-order valence-electron chi connectivity index (χ0n) is 14.8. The third kappa shape index (κ3) is 2.82. The van der Waals surface area contributed by atoms with E-state index in [1.165, 1.54) is 56.8 Å². The van der Waals surface area contributed by atoms with Gasteiger partial charge >= 0.3 is 0 Å². The average Bonchev–Trinajstić information content (AvgIpc) is 3.39. The number of benzene rings is 1. The van der Waals surface area contributed by atoms with Crippen molar-refractivity contribution in [2.24, 2.45) is 11.3 Å². The Kier molecular flexibility index (Phi) is 4.26. The van der Waals surface area contributed by atoms with Gasteiger partial charge in [0.25, 0.3) is 0 Å². The van der Waals surface area contributed by atoms with Gasteiger partial charge in [0, 0.05) is 12.1 Å². The minimum absolute atomic E-state index is 0.139. The smallest absolute Gasteiger partial charge is 0.137 e. The van der Waals surface area contributed by atoms with Gasteiger partial charge in [-0.3, -0.25) is 4.90 Å². The molecule has 1 saturated heterocycles. The maximum absolute atomic E-state index is 11.5. The summed E-state index contributed by atoms with van der Waals surface area (Å²) in [6.07, 6.45) is 9.96. The molecular weight excluding hydrogens is 296 g/mol. The minimum atomic E-state index is 0.139. The van der Waals surface area contributed by atoms with Gasteiger partial charge in [0.15, 0.2) is 0 Å². The van der Waals surface area contributed by atoms with Gasteiger partial charge in [0.1, 0.15) is 6.29 Å². The second-order valence-corrected chi connectivity index (χ2v) is 8.38. The van der Waals surface area contributed by atoms with E-state index < -0.39 is 0 Å². The molecule has 3 heteroatoms. The Bertz CT molecular complexity index is 573. The number of hydrogen-bond donors (Lipinski definition) is 1. The highest BCUT2D eigenvalue weighted by molar-refractivity contribution is 5.59. The Balaban J connectivity index is 1.45. The maximum Gasteiger partial charge on any atom is 0.137 e. The zero-order valence-corrected chi connectivity index (χ0v) is 14.8. The van der Waals surface area contributed by atoms with Crippen molar-refractivity contribution in [1.82, 2.24) is 10.2 Å². The molecule has 1 spiro atoms. The summed E-state index contributed by atoms with van der Waals surface area (Å²) in [5, 5.41) is 3.64. The van der Waals surface area contributed by atoms with Gasteiger partial charge < -0.3 is 10.1 Å². The number of carbonyl (C=O) groups is 1. The number of rotatable bonds is 5. The van der Waals surface area contributed by atoms with Crippen molar-refractivity contribution < 1.29 is 4.79 Å². The number of nitrogens with one attached hydrogen (secondary N) is 1. The molecule has 0 aromatic heterocycles. The third-order valence-corrected chi connectivity index (χ3v) is 7.10. The highest BCUT2D eigenvalue weighted by Crippen LogP contribution is 2.51. The van der Waals surface area contributed by atoms with E-state index in [2.05, 4.69) is 47.6 Å². The highest BCUT2D eigenvalue weighted by Gasteiger charge is 2.48. The molecule has 2 saturated carbocycles. The Morgan fingerprint density at radius 2 is 1.83 bits per heavy atom. The summed E-state index contributed by atoms with van der Waals surface area (Å²) in [7, 11) is 2.11. The van der Waals surface area contributed by atoms with Gasteiger partial charge in [-0.05, 0) is 75.4 Å². The van der Waals surface area contributed by atoms with Crippen LogP contribution in [0, 0.1) is 11.3 Å². The summed E-state index contributed by atoms with van der Waals surface area (Å²) in [5.41, 5.74) is 2.02. The molecule has 1 atom stereocenters. The van der Waals surface area contributed by atoms with Crippen molar-refractivity contribution in [2.45, 2.75) is 56.5 Å². The average molecular weight is 326 g/mol. The molecule has 3 nitrogen and oxygen atoms in total. The molecule has 0 radical (unpaired) electrons. The summed E-state index contributed by atoms with van der Waals surface area (Å²) >= 11 is 0. The van der Waals surface area contributed by atoms with Crippen LogP contribution in [0.5, 0.6) is 0 Å². The van der Waals surface area contributed by atoms with Crippen molar-refractivity contribution in [2.75, 3.05) is 20.1 Å². The van der Waals surface area contributed by atoms with E-state index in [0.29, 0.717) is 11.3 Å². The summed E-state index contributed by atoms with van der Waals surface area (Å²) in [6.45, 7) is 2.26. The largest absolute Gasteiger partial charge is 0.310 e. The quantitative estimate of drug-likeness (QED) is 0.842. The first-order valence-corrected chi connectivity index (χ1v) is 9.64. The molecule has 1 unspecified atom stereocenters. The van der Waals surface area contributed by atoms with Gasteiger partial charge in [-0.25, -0.2) is 0 Å². The molecule has 130 valence electrons. The van der Waals surface area contributed by atoms with Crippen LogP contribution in [0.25, 0.3) is 0 Å². The molecule has 3 fully saturated rings. The Labute approximate surface area is 145 Å². The summed E-state index contributed by atoms with van der Waals surface area (Å²) in [4.78, 5) is 14.0. The second kappa shape index (κ2) is 6.27. The van der Waals surface area contributed by atoms with Crippen molar-refractivity contribution in [3.63, 3.8) is 0 Å². The molecule has 1 aromatic carbocycles. The van der Waals surface area contributed by atoms with Crippen LogP contribution in [0.3, 0.4) is 0 Å². The maximum atomic E-state index is 11.5. The van der Waals surface area contributed by atoms with Crippen molar-refractivity contribution in [3.05, 3.63) is 35.9 Å². The van der Waals surface area contributed by atoms with E-state index in [0.717, 1.165) is 13.1 Å². The Morgan fingerprint density at radius 3 is 2.42 bits per heavy atom. The number of carbonyl (C=O) groups excluding carboxylic acids is 1. The lowest BCUT2D eigenvalue weighted by atomic mass is 9.65. The van der Waals surface area contributed by atoms with Gasteiger partial charge in [-0.2, -0.15) is 0 Å². The van der Waals surface area contributed by atoms with E-state index in [4.69, 9.17) is 0 Å². The van der Waals surface area contributed by atoms with Gasteiger partial charge in [-0.1, -0.05) is 30.3 Å². The van der Waals surface area contributed by atoms with Crippen LogP contribution in [-0.2, 0) is 10.3 Å². The molecule has 1 aliphatic heterocycles. The van der Waals surface area contributed by atoms with E-state index >= 15 is 0 Å². The van der Waals surface area contributed by atoms with Crippen LogP contribution in [-0.4, -0.2) is 37.4 Å². The van der Waals surface area contributed by atoms with Gasteiger partial charge in [0.2, 0.25) is 0 Å². The number of likely N-dealkylation sites (tertiary alicyclic amines) is 1. The van der Waals surface area contributed by atoms with E-state index in [1.807, 2.05) is 0 Å². The van der Waals surface area contributed by atoms with Crippen LogP contribution < -0.4 is 5.32 Å². The van der Waals surface area contributed by atoms with Crippen LogP contribution >= 0.6 is 0 Å². The molecule has 1 N–H and O–H groups in total. The van der Waals surface area contributed by atoms with Crippen LogP contribution in [0.1, 0.15) is 50.5 Å². The fourth-order valence-electron chi connectivity index (χ4n) is 5.21. The summed E-state index contributed by atoms with van der Waals surface area (Å²) < 4.78 is 0. The lowest BCUT2D eigenvalue weighted by molar-refractivity contribution is -0.112. The molecule has 0 bridgehead atoms. The zero-order chi connectivity index (χ0) is 16.6. The molecule has 3 aliphatic rings. The first kappa shape index (κ1) is 16.3. The van der Waals surface area contributed by atoms with E-state index in [9.17, 15) is 4.79 Å². The van der Waals surface area contributed by atoms with Crippen molar-refractivity contribution in [1.29, 1.82) is 0 Å². The van der Waals surface area contributed by atoms with Crippen LogP contribution in [0.2, 0.25) is 0 Å². The summed E-state index contributed by atoms with van der Waals surface area (Å²) in [5.74, 6) is 0.655. The Morgan fingerprint density at radius 1 is 1.12 bits per heavy atom. The fraction of sp³-hybridized carbons (Fsp3) is 0.667. The molecule has 0 amide bonds. The van der Waals surface area contributed by atoms with Crippen LogP contribution in [0.4, 0.5) is 0 Å². The van der Waals surface area contributed by atoms with E-state index in [-0.39, 0.29) is 11.6 Å². The minimum Gasteiger partial charge on any atom is -0.310 e. The normalized spacial score (nSPS) is 35.2. The molecule has 2 aliphatic carbocycles. The lowest BCUT2D eigenvalue weighted by Gasteiger charge is -2.45. The molecule has 4 rings (SSSR count). The first-order chi connectivity index (χ1) is 11.7. The molecular formula is C21H30N2O. The van der Waals surface area contributed by atoms with Crippen LogP contribution in [0.15, 0.2) is 30.3 Å².